The lowest BCUT2D eigenvalue weighted by atomic mass is 10.3. The number of anilines is 1. The van der Waals surface area contributed by atoms with Crippen LogP contribution in [0.25, 0.3) is 0 Å². The third-order valence-electron chi connectivity index (χ3n) is 2.40. The Balaban J connectivity index is 2.88. The van der Waals surface area contributed by atoms with Gasteiger partial charge in [0.05, 0.1) is 7.11 Å². The summed E-state index contributed by atoms with van der Waals surface area (Å²) >= 11 is 3.41. The number of carbonyl (C=O) groups is 1. The van der Waals surface area contributed by atoms with Gasteiger partial charge in [-0.25, -0.2) is 4.98 Å². The number of hydrogen-bond donors (Lipinski definition) is 0. The zero-order chi connectivity index (χ0) is 12.8. The lowest BCUT2D eigenvalue weighted by Gasteiger charge is -2.22. The third-order valence-corrected chi connectivity index (χ3v) is 3.23. The second-order valence-corrected chi connectivity index (χ2v) is 4.64. The number of aromatic nitrogens is 1. The maximum absolute atomic E-state index is 11.3. The number of methoxy groups -OCH3 is 1. The van der Waals surface area contributed by atoms with Gasteiger partial charge in [-0.1, -0.05) is 6.92 Å². The van der Waals surface area contributed by atoms with E-state index in [0.29, 0.717) is 0 Å². The van der Waals surface area contributed by atoms with E-state index in [9.17, 15) is 4.79 Å². The molecule has 1 heterocycles. The molecule has 0 N–H and O–H groups in total. The fourth-order valence-corrected chi connectivity index (χ4v) is 1.68. The van der Waals surface area contributed by atoms with Gasteiger partial charge in [-0.3, -0.25) is 4.79 Å². The summed E-state index contributed by atoms with van der Waals surface area (Å²) in [5.41, 5.74) is 1.10. The van der Waals surface area contributed by atoms with Crippen molar-refractivity contribution in [1.29, 1.82) is 0 Å². The minimum absolute atomic E-state index is 0.235. The van der Waals surface area contributed by atoms with Gasteiger partial charge in [-0.15, -0.1) is 0 Å². The monoisotopic (exact) mass is 300 g/mol. The second kappa shape index (κ2) is 6.59. The highest BCUT2D eigenvalue weighted by Crippen LogP contribution is 2.20. The normalized spacial score (nSPS) is 10.1. The van der Waals surface area contributed by atoms with Gasteiger partial charge in [0.25, 0.3) is 0 Å². The number of hydrogen-bond acceptors (Lipinski definition) is 4. The van der Waals surface area contributed by atoms with Crippen molar-refractivity contribution in [3.05, 3.63) is 22.3 Å². The molecule has 0 unspecified atom stereocenters. The minimum atomic E-state index is -0.249. The van der Waals surface area contributed by atoms with Crippen LogP contribution in [0.1, 0.15) is 18.9 Å². The molecule has 0 amide bonds. The molecule has 0 fully saturated rings. The molecule has 0 saturated carbocycles. The molecule has 1 aromatic heterocycles. The number of ether oxygens (including phenoxy) is 1. The summed E-state index contributed by atoms with van der Waals surface area (Å²) in [5, 5.41) is 0. The van der Waals surface area contributed by atoms with E-state index in [2.05, 4.69) is 32.6 Å². The van der Waals surface area contributed by atoms with E-state index >= 15 is 0 Å². The fourth-order valence-electron chi connectivity index (χ4n) is 1.46. The molecule has 0 radical (unpaired) electrons. The van der Waals surface area contributed by atoms with Gasteiger partial charge in [0, 0.05) is 17.2 Å². The van der Waals surface area contributed by atoms with Crippen molar-refractivity contribution in [3.63, 3.8) is 0 Å². The molecule has 1 rings (SSSR count). The van der Waals surface area contributed by atoms with E-state index in [1.165, 1.54) is 7.11 Å². The summed E-state index contributed by atoms with van der Waals surface area (Å²) in [6, 6.07) is 1.96. The van der Waals surface area contributed by atoms with Crippen LogP contribution in [-0.4, -0.2) is 31.2 Å². The average molecular weight is 301 g/mol. The SMILES string of the molecule is CCCN(CC(=O)OC)c1cc(C)c(Br)cn1. The second-order valence-electron chi connectivity index (χ2n) is 3.79. The Kier molecular flexibility index (Phi) is 5.41. The molecule has 0 bridgehead atoms. The summed E-state index contributed by atoms with van der Waals surface area (Å²) in [5.74, 6) is 0.554. The molecule has 94 valence electrons. The van der Waals surface area contributed by atoms with E-state index in [0.717, 1.165) is 28.8 Å². The largest absolute Gasteiger partial charge is 0.468 e. The van der Waals surface area contributed by atoms with E-state index in [1.807, 2.05) is 17.9 Å². The number of carbonyl (C=O) groups excluding carboxylic acids is 1. The molecule has 4 nitrogen and oxygen atoms in total. The van der Waals surface area contributed by atoms with Crippen molar-refractivity contribution in [2.24, 2.45) is 0 Å². The molecular formula is C12H17BrN2O2. The Morgan fingerprint density at radius 1 is 1.59 bits per heavy atom. The summed E-state index contributed by atoms with van der Waals surface area (Å²) in [6.45, 7) is 5.08. The molecule has 0 aliphatic heterocycles. The third kappa shape index (κ3) is 4.00. The van der Waals surface area contributed by atoms with E-state index in [4.69, 9.17) is 0 Å². The summed E-state index contributed by atoms with van der Waals surface area (Å²) < 4.78 is 5.65. The first-order valence-corrected chi connectivity index (χ1v) is 6.31. The highest BCUT2D eigenvalue weighted by molar-refractivity contribution is 9.10. The van der Waals surface area contributed by atoms with E-state index < -0.39 is 0 Å². The van der Waals surface area contributed by atoms with Crippen LogP contribution >= 0.6 is 15.9 Å². The molecule has 0 aliphatic rings. The lowest BCUT2D eigenvalue weighted by molar-refractivity contribution is -0.138. The van der Waals surface area contributed by atoms with Crippen LogP contribution < -0.4 is 4.90 Å². The Hall–Kier alpha value is -1.10. The molecule has 0 spiro atoms. The molecule has 0 saturated heterocycles. The van der Waals surface area contributed by atoms with Gasteiger partial charge in [0.1, 0.15) is 12.4 Å². The predicted molar refractivity (Wildman–Crippen MR) is 71.2 cm³/mol. The van der Waals surface area contributed by atoms with Crippen molar-refractivity contribution < 1.29 is 9.53 Å². The molecule has 0 aliphatic carbocycles. The molecule has 1 aromatic rings. The standard InChI is InChI=1S/C12H17BrN2O2/c1-4-5-15(8-12(16)17-3)11-6-9(2)10(13)7-14-11/h6-7H,4-5,8H2,1-3H3. The van der Waals surface area contributed by atoms with E-state index in [-0.39, 0.29) is 12.5 Å². The van der Waals surface area contributed by atoms with Crippen molar-refractivity contribution >= 4 is 27.7 Å². The average Bonchev–Trinajstić information content (AvgIpc) is 2.32. The van der Waals surface area contributed by atoms with E-state index in [1.54, 1.807) is 6.20 Å². The first kappa shape index (κ1) is 14.0. The van der Waals surface area contributed by atoms with Gasteiger partial charge < -0.3 is 9.64 Å². The molecule has 0 atom stereocenters. The van der Waals surface area contributed by atoms with Gasteiger partial charge in [-0.2, -0.15) is 0 Å². The summed E-state index contributed by atoms with van der Waals surface area (Å²) in [6.07, 6.45) is 2.71. The topological polar surface area (TPSA) is 42.4 Å². The smallest absolute Gasteiger partial charge is 0.325 e. The Morgan fingerprint density at radius 3 is 2.82 bits per heavy atom. The first-order chi connectivity index (χ1) is 8.08. The Bertz CT molecular complexity index is 396. The number of rotatable bonds is 5. The maximum atomic E-state index is 11.3. The number of pyridine rings is 1. The van der Waals surface area contributed by atoms with Crippen molar-refractivity contribution in [1.82, 2.24) is 4.98 Å². The summed E-state index contributed by atoms with van der Waals surface area (Å²) in [7, 11) is 1.40. The number of nitrogens with zero attached hydrogens (tertiary/aromatic N) is 2. The van der Waals surface area contributed by atoms with Crippen LogP contribution in [0.3, 0.4) is 0 Å². The summed E-state index contributed by atoms with van der Waals surface area (Å²) in [4.78, 5) is 17.6. The number of halogens is 1. The first-order valence-electron chi connectivity index (χ1n) is 5.52. The van der Waals surface area contributed by atoms with Crippen LogP contribution in [0, 0.1) is 6.92 Å². The molecule has 0 aromatic carbocycles. The van der Waals surface area contributed by atoms with Gasteiger partial charge in [0.2, 0.25) is 0 Å². The van der Waals surface area contributed by atoms with Crippen molar-refractivity contribution in [2.75, 3.05) is 25.1 Å². The van der Waals surface area contributed by atoms with Gasteiger partial charge in [-0.05, 0) is 40.9 Å². The highest BCUT2D eigenvalue weighted by atomic mass is 79.9. The molecular weight excluding hydrogens is 284 g/mol. The molecule has 17 heavy (non-hydrogen) atoms. The lowest BCUT2D eigenvalue weighted by Crippen LogP contribution is -2.31. The van der Waals surface area contributed by atoms with Crippen LogP contribution in [0.4, 0.5) is 5.82 Å². The zero-order valence-corrected chi connectivity index (χ0v) is 12.0. The van der Waals surface area contributed by atoms with Gasteiger partial charge in [0.15, 0.2) is 0 Å². The number of esters is 1. The Labute approximate surface area is 110 Å². The van der Waals surface area contributed by atoms with Crippen LogP contribution in [-0.2, 0) is 9.53 Å². The number of aryl methyl sites for hydroxylation is 1. The van der Waals surface area contributed by atoms with Crippen LogP contribution in [0.5, 0.6) is 0 Å². The van der Waals surface area contributed by atoms with Crippen molar-refractivity contribution in [3.8, 4) is 0 Å². The fraction of sp³-hybridized carbons (Fsp3) is 0.500. The van der Waals surface area contributed by atoms with Crippen LogP contribution in [0.2, 0.25) is 0 Å². The predicted octanol–water partition coefficient (Wildman–Crippen LogP) is 2.54. The quantitative estimate of drug-likeness (QED) is 0.784. The van der Waals surface area contributed by atoms with Gasteiger partial charge >= 0.3 is 5.97 Å². The maximum Gasteiger partial charge on any atom is 0.325 e. The minimum Gasteiger partial charge on any atom is -0.468 e. The molecule has 5 heteroatoms. The zero-order valence-electron chi connectivity index (χ0n) is 10.4. The highest BCUT2D eigenvalue weighted by Gasteiger charge is 2.12. The van der Waals surface area contributed by atoms with Crippen molar-refractivity contribution in [2.45, 2.75) is 20.3 Å². The van der Waals surface area contributed by atoms with Crippen LogP contribution in [0.15, 0.2) is 16.7 Å². The Morgan fingerprint density at radius 2 is 2.29 bits per heavy atom.